The predicted octanol–water partition coefficient (Wildman–Crippen LogP) is -7.91. The Balaban J connectivity index is 3.98. The second kappa shape index (κ2) is 17.6. The van der Waals surface area contributed by atoms with Crippen LogP contribution in [0.1, 0.15) is 6.42 Å². The number of carbonyl (C=O) groups excluding carboxylic acids is 8. The molecule has 0 radical (unpaired) electrons. The van der Waals surface area contributed by atoms with E-state index in [1.165, 1.54) is 0 Å². The van der Waals surface area contributed by atoms with Crippen molar-refractivity contribution >= 4 is 53.2 Å². The molecule has 0 aromatic carbocycles. The number of primary amides is 1. The Morgan fingerprint density at radius 1 is 0.514 bits per heavy atom. The number of rotatable bonds is 17. The highest BCUT2D eigenvalue weighted by molar-refractivity contribution is 5.93. The molecule has 0 saturated carbocycles. The van der Waals surface area contributed by atoms with Gasteiger partial charge in [0.25, 0.3) is 0 Å². The summed E-state index contributed by atoms with van der Waals surface area (Å²) in [4.78, 5) is 102. The van der Waals surface area contributed by atoms with E-state index in [4.69, 9.17) is 16.6 Å². The third kappa shape index (κ3) is 18.2. The van der Waals surface area contributed by atoms with Crippen molar-refractivity contribution in [1.82, 2.24) is 37.2 Å². The number of aliphatic carboxylic acids is 1. The van der Waals surface area contributed by atoms with Crippen LogP contribution in [0.25, 0.3) is 0 Å². The third-order valence-corrected chi connectivity index (χ3v) is 3.85. The zero-order chi connectivity index (χ0) is 28.4. The highest BCUT2D eigenvalue weighted by Crippen LogP contribution is 1.86. The monoisotopic (exact) mass is 531 g/mol. The van der Waals surface area contributed by atoms with Crippen LogP contribution in [0.4, 0.5) is 0 Å². The van der Waals surface area contributed by atoms with Crippen molar-refractivity contribution in [2.24, 2.45) is 11.5 Å². The lowest BCUT2D eigenvalue weighted by atomic mass is 10.2. The molecular weight excluding hydrogens is 502 g/mol. The summed E-state index contributed by atoms with van der Waals surface area (Å²) in [6.07, 6.45) is -0.410. The molecule has 37 heavy (non-hydrogen) atoms. The van der Waals surface area contributed by atoms with E-state index in [2.05, 4.69) is 31.9 Å². The largest absolute Gasteiger partial charge is 0.480 e. The third-order valence-electron chi connectivity index (χ3n) is 3.85. The second-order valence-corrected chi connectivity index (χ2v) is 7.05. The summed E-state index contributed by atoms with van der Waals surface area (Å²) in [5.41, 5.74) is 10.3. The fraction of sp³-hybridized carbons (Fsp3) is 0.500. The van der Waals surface area contributed by atoms with Crippen LogP contribution in [-0.4, -0.2) is 110 Å². The molecule has 1 atom stereocenters. The van der Waals surface area contributed by atoms with Gasteiger partial charge in [-0.1, -0.05) is 0 Å². The van der Waals surface area contributed by atoms with Gasteiger partial charge in [-0.15, -0.1) is 0 Å². The minimum Gasteiger partial charge on any atom is -0.480 e. The van der Waals surface area contributed by atoms with E-state index in [1.807, 2.05) is 5.32 Å². The fourth-order valence-corrected chi connectivity index (χ4v) is 2.05. The van der Waals surface area contributed by atoms with Gasteiger partial charge < -0.3 is 53.8 Å². The lowest BCUT2D eigenvalue weighted by Crippen LogP contribution is -2.48. The first-order valence-electron chi connectivity index (χ1n) is 10.4. The summed E-state index contributed by atoms with van der Waals surface area (Å²) < 4.78 is 0. The van der Waals surface area contributed by atoms with E-state index < -0.39 is 112 Å². The van der Waals surface area contributed by atoms with Crippen LogP contribution in [0.2, 0.25) is 0 Å². The van der Waals surface area contributed by atoms with Crippen molar-refractivity contribution in [2.45, 2.75) is 12.5 Å². The molecule has 0 fully saturated rings. The Morgan fingerprint density at radius 3 is 1.05 bits per heavy atom. The number of amides is 8. The number of carboxylic acids is 1. The minimum absolute atomic E-state index is 0.410. The number of nitrogens with one attached hydrogen (secondary N) is 7. The first-order valence-corrected chi connectivity index (χ1v) is 10.4. The standard InChI is InChI=1S/C18H29N9O10/c19-9(1-10(20)28)18(37)27-7-16(34)25-5-14(32)23-3-12(30)21-2-11(29)22-4-13(31)24-6-15(33)26-8-17(35)36/h9H,1-8,19H2,(H2,20,28)(H,21,30)(H,22,29)(H,23,32)(H,24,31)(H,25,34)(H,26,33)(H,27,37)(H,35,36)/t9-/m0/s1. The van der Waals surface area contributed by atoms with E-state index in [9.17, 15) is 43.2 Å². The van der Waals surface area contributed by atoms with Gasteiger partial charge in [0, 0.05) is 0 Å². The normalized spacial score (nSPS) is 10.6. The van der Waals surface area contributed by atoms with Gasteiger partial charge in [0.1, 0.15) is 6.54 Å². The summed E-state index contributed by atoms with van der Waals surface area (Å²) in [6, 6.07) is -1.23. The summed E-state index contributed by atoms with van der Waals surface area (Å²) in [5.74, 6) is -7.35. The van der Waals surface area contributed by atoms with Crippen molar-refractivity contribution < 1.29 is 48.3 Å². The van der Waals surface area contributed by atoms with Gasteiger partial charge in [0.15, 0.2) is 0 Å². The Morgan fingerprint density at radius 2 is 0.784 bits per heavy atom. The zero-order valence-electron chi connectivity index (χ0n) is 19.5. The highest BCUT2D eigenvalue weighted by atomic mass is 16.4. The maximum atomic E-state index is 11.7. The zero-order valence-corrected chi connectivity index (χ0v) is 19.5. The first kappa shape index (κ1) is 32.2. The average molecular weight is 531 g/mol. The van der Waals surface area contributed by atoms with E-state index in [1.54, 1.807) is 0 Å². The molecule has 0 aromatic heterocycles. The molecule has 12 N–H and O–H groups in total. The molecule has 19 heteroatoms. The SMILES string of the molecule is NC(=O)C[C@H](N)C(=O)NCC(=O)NCC(=O)NCC(=O)NCC(=O)NCC(=O)NCC(=O)NCC(=O)O. The fourth-order valence-electron chi connectivity index (χ4n) is 2.05. The van der Waals surface area contributed by atoms with Crippen LogP contribution in [-0.2, 0) is 43.2 Å². The van der Waals surface area contributed by atoms with Crippen molar-refractivity contribution in [3.05, 3.63) is 0 Å². The van der Waals surface area contributed by atoms with E-state index in [0.29, 0.717) is 0 Å². The topological polar surface area (TPSA) is 310 Å². The molecule has 0 bridgehead atoms. The molecule has 0 aliphatic rings. The van der Waals surface area contributed by atoms with E-state index in [-0.39, 0.29) is 0 Å². The van der Waals surface area contributed by atoms with Gasteiger partial charge in [0.2, 0.25) is 47.3 Å². The number of nitrogens with two attached hydrogens (primary N) is 2. The predicted molar refractivity (Wildman–Crippen MR) is 120 cm³/mol. The van der Waals surface area contributed by atoms with Crippen LogP contribution < -0.4 is 48.7 Å². The Labute approximate surface area is 209 Å². The molecule has 206 valence electrons. The summed E-state index contributed by atoms with van der Waals surface area (Å²) in [6.45, 7) is -3.75. The van der Waals surface area contributed by atoms with Crippen LogP contribution in [0.15, 0.2) is 0 Å². The van der Waals surface area contributed by atoms with Gasteiger partial charge in [-0.05, 0) is 0 Å². The van der Waals surface area contributed by atoms with Gasteiger partial charge in [0.05, 0.1) is 51.7 Å². The molecule has 0 aliphatic carbocycles. The van der Waals surface area contributed by atoms with Crippen LogP contribution >= 0.6 is 0 Å². The Bertz CT molecular complexity index is 908. The van der Waals surface area contributed by atoms with Gasteiger partial charge in [-0.3, -0.25) is 43.2 Å². The maximum absolute atomic E-state index is 11.7. The quantitative estimate of drug-likeness (QED) is 0.0840. The smallest absolute Gasteiger partial charge is 0.322 e. The molecule has 19 nitrogen and oxygen atoms in total. The van der Waals surface area contributed by atoms with Gasteiger partial charge in [-0.25, -0.2) is 0 Å². The van der Waals surface area contributed by atoms with Crippen molar-refractivity contribution in [3.8, 4) is 0 Å². The van der Waals surface area contributed by atoms with E-state index in [0.717, 1.165) is 0 Å². The molecule has 0 unspecified atom stereocenters. The van der Waals surface area contributed by atoms with Crippen LogP contribution in [0, 0.1) is 0 Å². The molecule has 0 saturated heterocycles. The van der Waals surface area contributed by atoms with Crippen molar-refractivity contribution in [3.63, 3.8) is 0 Å². The molecular formula is C18H29N9O10. The number of carbonyl (C=O) groups is 9. The molecule has 0 aromatic rings. The van der Waals surface area contributed by atoms with Gasteiger partial charge in [-0.2, -0.15) is 0 Å². The lowest BCUT2D eigenvalue weighted by molar-refractivity contribution is -0.138. The molecule has 8 amide bonds. The Hall–Kier alpha value is -4.81. The summed E-state index contributed by atoms with van der Waals surface area (Å²) in [7, 11) is 0. The first-order chi connectivity index (χ1) is 17.3. The molecule has 0 aliphatic heterocycles. The van der Waals surface area contributed by atoms with Gasteiger partial charge >= 0.3 is 5.97 Å². The van der Waals surface area contributed by atoms with Crippen molar-refractivity contribution in [1.29, 1.82) is 0 Å². The number of hydrogen-bond donors (Lipinski definition) is 10. The Kier molecular flexibility index (Phi) is 15.3. The molecule has 0 rings (SSSR count). The summed E-state index contributed by atoms with van der Waals surface area (Å²) >= 11 is 0. The van der Waals surface area contributed by atoms with E-state index >= 15 is 0 Å². The van der Waals surface area contributed by atoms with Crippen molar-refractivity contribution in [2.75, 3.05) is 45.8 Å². The molecule has 0 heterocycles. The maximum Gasteiger partial charge on any atom is 0.322 e. The average Bonchev–Trinajstić information content (AvgIpc) is 2.83. The minimum atomic E-state index is -1.26. The molecule has 0 spiro atoms. The lowest BCUT2D eigenvalue weighted by Gasteiger charge is -2.11. The van der Waals surface area contributed by atoms with Crippen LogP contribution in [0.3, 0.4) is 0 Å². The highest BCUT2D eigenvalue weighted by Gasteiger charge is 2.17. The number of hydrogen-bond acceptors (Lipinski definition) is 10. The number of carboxylic acid groups (broad SMARTS) is 1. The van der Waals surface area contributed by atoms with Crippen LogP contribution in [0.5, 0.6) is 0 Å². The summed E-state index contributed by atoms with van der Waals surface area (Å²) in [5, 5.41) is 23.4. The second-order valence-electron chi connectivity index (χ2n) is 7.05.